The molecule has 4 aliphatic rings. The Morgan fingerprint density at radius 3 is 2.47 bits per heavy atom. The van der Waals surface area contributed by atoms with Crippen LogP contribution in [0, 0.1) is 46.3 Å². The number of Topliss-reactive ketones (excluding diaryl/α,β-unsaturated/α-hetero) is 1. The van der Waals surface area contributed by atoms with Crippen LogP contribution in [0.5, 0.6) is 0 Å². The number of fused-ring (bicyclic) bond motifs is 5. The molecule has 5 heteroatoms. The molecule has 4 fully saturated rings. The van der Waals surface area contributed by atoms with E-state index in [1.165, 1.54) is 38.5 Å². The third-order valence-corrected chi connectivity index (χ3v) is 10.7. The quantitative estimate of drug-likeness (QED) is 0.563. The smallest absolute Gasteiger partial charge is 0.323 e. The molecule has 0 aromatic carbocycles. The summed E-state index contributed by atoms with van der Waals surface area (Å²) in [5.74, 6) is 3.71. The molecule has 182 valence electrons. The van der Waals surface area contributed by atoms with Gasteiger partial charge in [-0.15, -0.1) is 0 Å². The van der Waals surface area contributed by atoms with Crippen molar-refractivity contribution in [2.75, 3.05) is 13.2 Å². The van der Waals surface area contributed by atoms with E-state index in [4.69, 9.17) is 16.2 Å². The van der Waals surface area contributed by atoms with E-state index in [0.29, 0.717) is 30.7 Å². The molecule has 0 radical (unpaired) electrons. The molecule has 5 nitrogen and oxygen atoms in total. The van der Waals surface area contributed by atoms with Crippen molar-refractivity contribution in [2.45, 2.75) is 97.4 Å². The normalized spacial score (nSPS) is 44.2. The van der Waals surface area contributed by atoms with Gasteiger partial charge in [0.1, 0.15) is 12.6 Å². The second-order valence-electron chi connectivity index (χ2n) is 12.3. The van der Waals surface area contributed by atoms with Crippen LogP contribution in [-0.4, -0.2) is 30.9 Å². The highest BCUT2D eigenvalue weighted by molar-refractivity contribution is 5.86. The number of carbonyl (C=O) groups is 2. The fraction of sp³-hybridized carbons (Fsp3) is 0.926. The van der Waals surface area contributed by atoms with Gasteiger partial charge in [-0.25, -0.2) is 0 Å². The molecule has 4 rings (SSSR count). The Bertz CT molecular complexity index is 711. The Balaban J connectivity index is 1.39. The lowest BCUT2D eigenvalue weighted by atomic mass is 9.44. The van der Waals surface area contributed by atoms with Gasteiger partial charge in [-0.3, -0.25) is 9.59 Å². The summed E-state index contributed by atoms with van der Waals surface area (Å²) in [4.78, 5) is 25.4. The monoisotopic (exact) mass is 446 g/mol. The number of ether oxygens (including phenoxy) is 1. The molecule has 0 aromatic rings. The van der Waals surface area contributed by atoms with Crippen molar-refractivity contribution in [3.63, 3.8) is 0 Å². The zero-order valence-corrected chi connectivity index (χ0v) is 20.6. The van der Waals surface area contributed by atoms with Gasteiger partial charge in [0, 0.05) is 5.92 Å². The first-order chi connectivity index (χ1) is 15.2. The minimum absolute atomic E-state index is 0.0263. The Morgan fingerprint density at radius 1 is 1.00 bits per heavy atom. The zero-order valence-electron chi connectivity index (χ0n) is 20.6. The molecule has 0 saturated heterocycles. The summed E-state index contributed by atoms with van der Waals surface area (Å²) >= 11 is 0. The van der Waals surface area contributed by atoms with E-state index in [1.807, 2.05) is 0 Å². The summed E-state index contributed by atoms with van der Waals surface area (Å²) in [7, 11) is 0. The van der Waals surface area contributed by atoms with Crippen molar-refractivity contribution >= 4 is 11.8 Å². The van der Waals surface area contributed by atoms with E-state index in [1.54, 1.807) is 0 Å². The third kappa shape index (κ3) is 4.17. The van der Waals surface area contributed by atoms with E-state index >= 15 is 0 Å². The number of ketones is 1. The van der Waals surface area contributed by atoms with Gasteiger partial charge in [-0.2, -0.15) is 0 Å². The molecular weight excluding hydrogens is 400 g/mol. The first kappa shape index (κ1) is 24.2. The highest BCUT2D eigenvalue weighted by Gasteiger charge is 2.61. The van der Waals surface area contributed by atoms with Crippen LogP contribution in [0.15, 0.2) is 0 Å². The van der Waals surface area contributed by atoms with Crippen LogP contribution in [0.4, 0.5) is 0 Å². The van der Waals surface area contributed by atoms with E-state index in [2.05, 4.69) is 20.8 Å². The third-order valence-electron chi connectivity index (χ3n) is 10.7. The standard InChI is InChI=1S/C27H46N2O3/c1-17-10-12-26(2)18(15-17)6-7-19-20-8-9-22(27(20,3)13-11-21(19)26)24(30)16-32-25(31)23(29)5-4-14-28/h17-23H,4-16,28-29H2,1-3H3/t17-,18?,19-,20?,21?,22+,23?,26-,27-/m0/s1. The lowest BCUT2D eigenvalue weighted by Crippen LogP contribution is -2.53. The van der Waals surface area contributed by atoms with Crippen molar-refractivity contribution < 1.29 is 14.3 Å². The molecule has 9 atom stereocenters. The molecule has 4 unspecified atom stereocenters. The number of nitrogens with two attached hydrogens (primary N) is 2. The summed E-state index contributed by atoms with van der Waals surface area (Å²) < 4.78 is 5.35. The first-order valence-corrected chi connectivity index (χ1v) is 13.4. The maximum Gasteiger partial charge on any atom is 0.323 e. The number of carbonyl (C=O) groups excluding carboxylic acids is 2. The van der Waals surface area contributed by atoms with Gasteiger partial charge in [0.25, 0.3) is 0 Å². The molecule has 0 spiro atoms. The molecule has 0 heterocycles. The van der Waals surface area contributed by atoms with Crippen LogP contribution >= 0.6 is 0 Å². The maximum absolute atomic E-state index is 13.2. The van der Waals surface area contributed by atoms with Gasteiger partial charge in [0.2, 0.25) is 0 Å². The fourth-order valence-corrected chi connectivity index (χ4v) is 8.81. The zero-order chi connectivity index (χ0) is 23.1. The second-order valence-corrected chi connectivity index (χ2v) is 12.3. The highest BCUT2D eigenvalue weighted by atomic mass is 16.5. The maximum atomic E-state index is 13.2. The topological polar surface area (TPSA) is 95.4 Å². The Labute approximate surface area is 194 Å². The molecular formula is C27H46N2O3. The van der Waals surface area contributed by atoms with Crippen molar-refractivity contribution in [3.05, 3.63) is 0 Å². The van der Waals surface area contributed by atoms with Gasteiger partial charge in [0.15, 0.2) is 5.78 Å². The lowest BCUT2D eigenvalue weighted by molar-refractivity contribution is -0.153. The van der Waals surface area contributed by atoms with Gasteiger partial charge in [0.05, 0.1) is 0 Å². The number of rotatable bonds is 7. The summed E-state index contributed by atoms with van der Waals surface area (Å²) in [6.45, 7) is 7.80. The predicted molar refractivity (Wildman–Crippen MR) is 127 cm³/mol. The van der Waals surface area contributed by atoms with E-state index < -0.39 is 12.0 Å². The molecule has 0 aromatic heterocycles. The van der Waals surface area contributed by atoms with Crippen molar-refractivity contribution in [3.8, 4) is 0 Å². The van der Waals surface area contributed by atoms with Gasteiger partial charge >= 0.3 is 5.97 Å². The molecule has 4 aliphatic carbocycles. The molecule has 4 saturated carbocycles. The molecule has 0 aliphatic heterocycles. The summed E-state index contributed by atoms with van der Waals surface area (Å²) in [6.07, 6.45) is 12.7. The van der Waals surface area contributed by atoms with Crippen molar-refractivity contribution in [2.24, 2.45) is 57.8 Å². The van der Waals surface area contributed by atoms with Gasteiger partial charge in [-0.05, 0) is 111 Å². The van der Waals surface area contributed by atoms with E-state index in [0.717, 1.165) is 42.9 Å². The highest BCUT2D eigenvalue weighted by Crippen LogP contribution is 2.67. The molecule has 32 heavy (non-hydrogen) atoms. The molecule has 0 bridgehead atoms. The van der Waals surface area contributed by atoms with Crippen LogP contribution in [0.3, 0.4) is 0 Å². The lowest BCUT2D eigenvalue weighted by Gasteiger charge is -2.61. The van der Waals surface area contributed by atoms with Crippen LogP contribution in [0.2, 0.25) is 0 Å². The fourth-order valence-electron chi connectivity index (χ4n) is 8.81. The summed E-state index contributed by atoms with van der Waals surface area (Å²) in [5, 5.41) is 0. The van der Waals surface area contributed by atoms with Crippen LogP contribution in [-0.2, 0) is 14.3 Å². The average Bonchev–Trinajstić information content (AvgIpc) is 3.13. The Morgan fingerprint density at radius 2 is 1.72 bits per heavy atom. The largest absolute Gasteiger partial charge is 0.457 e. The summed E-state index contributed by atoms with van der Waals surface area (Å²) in [5.41, 5.74) is 12.0. The van der Waals surface area contributed by atoms with E-state index in [-0.39, 0.29) is 23.7 Å². The minimum atomic E-state index is -0.678. The second kappa shape index (κ2) is 9.37. The summed E-state index contributed by atoms with van der Waals surface area (Å²) in [6, 6.07) is -0.678. The Hall–Kier alpha value is -0.940. The minimum Gasteiger partial charge on any atom is -0.457 e. The molecule has 0 amide bonds. The molecule has 4 N–H and O–H groups in total. The average molecular weight is 447 g/mol. The van der Waals surface area contributed by atoms with Crippen LogP contribution < -0.4 is 11.5 Å². The van der Waals surface area contributed by atoms with Crippen LogP contribution in [0.1, 0.15) is 91.4 Å². The van der Waals surface area contributed by atoms with Gasteiger partial charge in [-0.1, -0.05) is 27.2 Å². The number of esters is 1. The number of hydrogen-bond acceptors (Lipinski definition) is 5. The van der Waals surface area contributed by atoms with E-state index in [9.17, 15) is 9.59 Å². The Kier molecular flexibility index (Phi) is 7.08. The van der Waals surface area contributed by atoms with Crippen molar-refractivity contribution in [1.29, 1.82) is 0 Å². The van der Waals surface area contributed by atoms with Crippen LogP contribution in [0.25, 0.3) is 0 Å². The van der Waals surface area contributed by atoms with Gasteiger partial charge < -0.3 is 16.2 Å². The van der Waals surface area contributed by atoms with Crippen molar-refractivity contribution in [1.82, 2.24) is 0 Å². The first-order valence-electron chi connectivity index (χ1n) is 13.4. The number of hydrogen-bond donors (Lipinski definition) is 2. The SMILES string of the molecule is C[C@H]1CC[C@@]2(C)C(CC[C@@H]3C2CC[C@@]2(C)C3CC[C@@H]2C(=O)COC(=O)C(N)CCCN)C1. The predicted octanol–water partition coefficient (Wildman–Crippen LogP) is 4.46.